The van der Waals surface area contributed by atoms with Crippen molar-refractivity contribution in [3.63, 3.8) is 0 Å². The molecule has 4 nitrogen and oxygen atoms in total. The molecule has 0 aliphatic carbocycles. The van der Waals surface area contributed by atoms with Gasteiger partial charge in [0.1, 0.15) is 0 Å². The topological polar surface area (TPSA) is 63.2 Å². The third-order valence-corrected chi connectivity index (χ3v) is 7.44. The number of aryl methyl sites for hydroxylation is 1. The Morgan fingerprint density at radius 2 is 1.41 bits per heavy atom. The van der Waals surface area contributed by atoms with E-state index < -0.39 is 15.9 Å². The van der Waals surface area contributed by atoms with Crippen LogP contribution < -0.4 is 4.72 Å². The molecule has 0 fully saturated rings. The van der Waals surface area contributed by atoms with E-state index in [9.17, 15) is 13.2 Å². The molecule has 0 aliphatic rings. The second-order valence-corrected chi connectivity index (χ2v) is 10.4. The molecule has 4 aromatic carbocycles. The normalized spacial score (nSPS) is 12.9. The Kier molecular flexibility index (Phi) is 8.16. The van der Waals surface area contributed by atoms with Crippen molar-refractivity contribution in [1.29, 1.82) is 0 Å². The van der Waals surface area contributed by atoms with Crippen LogP contribution in [0.1, 0.15) is 40.7 Å². The van der Waals surface area contributed by atoms with Gasteiger partial charge < -0.3 is 0 Å². The summed E-state index contributed by atoms with van der Waals surface area (Å²) in [5.41, 5.74) is 6.26. The van der Waals surface area contributed by atoms with Crippen LogP contribution in [0.25, 0.3) is 11.6 Å². The molecule has 0 aliphatic heterocycles. The lowest BCUT2D eigenvalue weighted by Crippen LogP contribution is -2.29. The number of hydrogen-bond donors (Lipinski definition) is 1. The predicted molar refractivity (Wildman–Crippen MR) is 150 cm³/mol. The van der Waals surface area contributed by atoms with Gasteiger partial charge in [-0.05, 0) is 65.4 Å². The third kappa shape index (κ3) is 6.51. The molecule has 0 radical (unpaired) electrons. The minimum atomic E-state index is -3.93. The molecule has 0 bridgehead atoms. The minimum Gasteiger partial charge on any atom is -0.269 e. The molecule has 4 rings (SSSR count). The Labute approximate surface area is 219 Å². The fourth-order valence-electron chi connectivity index (χ4n) is 4.31. The molecule has 186 valence electrons. The zero-order chi connectivity index (χ0) is 26.3. The van der Waals surface area contributed by atoms with Gasteiger partial charge in [0.05, 0.1) is 4.90 Å². The van der Waals surface area contributed by atoms with Crippen molar-refractivity contribution in [2.75, 3.05) is 0 Å². The fourth-order valence-corrected chi connectivity index (χ4v) is 5.36. The lowest BCUT2D eigenvalue weighted by Gasteiger charge is -2.22. The van der Waals surface area contributed by atoms with E-state index in [-0.39, 0.29) is 10.8 Å². The number of carbonyl (C=O) groups excluding carboxylic acids is 1. The highest BCUT2D eigenvalue weighted by Gasteiger charge is 2.20. The molecule has 0 heterocycles. The van der Waals surface area contributed by atoms with E-state index in [0.29, 0.717) is 0 Å². The summed E-state index contributed by atoms with van der Waals surface area (Å²) in [6, 6.07) is 35.1. The lowest BCUT2D eigenvalue weighted by molar-refractivity contribution is -0.114. The van der Waals surface area contributed by atoms with E-state index in [0.717, 1.165) is 22.3 Å². The smallest absolute Gasteiger partial charge is 0.264 e. The van der Waals surface area contributed by atoms with Crippen LogP contribution in [0, 0.1) is 6.92 Å². The highest BCUT2D eigenvalue weighted by atomic mass is 32.2. The Morgan fingerprint density at radius 3 is 2.03 bits per heavy atom. The van der Waals surface area contributed by atoms with Crippen LogP contribution in [0.2, 0.25) is 0 Å². The summed E-state index contributed by atoms with van der Waals surface area (Å²) in [5.74, 6) is -0.664. The first-order valence-corrected chi connectivity index (χ1v) is 13.5. The molecule has 0 aromatic heterocycles. The minimum absolute atomic E-state index is 0.0365. The lowest BCUT2D eigenvalue weighted by atomic mass is 9.81. The maximum atomic E-state index is 12.5. The van der Waals surface area contributed by atoms with Crippen LogP contribution in [-0.4, -0.2) is 14.3 Å². The molecule has 0 saturated carbocycles. The van der Waals surface area contributed by atoms with Crippen molar-refractivity contribution in [1.82, 2.24) is 4.72 Å². The summed E-state index contributed by atoms with van der Waals surface area (Å²) in [6.45, 7) is 3.85. The van der Waals surface area contributed by atoms with Gasteiger partial charge in [-0.3, -0.25) is 4.79 Å². The molecule has 5 heteroatoms. The fraction of sp³-hybridized carbons (Fsp3) is 0.0938. The zero-order valence-electron chi connectivity index (χ0n) is 20.8. The predicted octanol–water partition coefficient (Wildman–Crippen LogP) is 6.75. The van der Waals surface area contributed by atoms with E-state index in [4.69, 9.17) is 0 Å². The quantitative estimate of drug-likeness (QED) is 0.268. The molecule has 1 unspecified atom stereocenters. The van der Waals surface area contributed by atoms with Gasteiger partial charge >= 0.3 is 0 Å². The highest BCUT2D eigenvalue weighted by molar-refractivity contribution is 7.90. The Morgan fingerprint density at radius 1 is 0.784 bits per heavy atom. The molecule has 4 aromatic rings. The molecule has 0 saturated heterocycles. The Balaban J connectivity index is 1.55. The number of rotatable bonds is 8. The third-order valence-electron chi connectivity index (χ3n) is 6.09. The number of amides is 1. The summed E-state index contributed by atoms with van der Waals surface area (Å²) < 4.78 is 27.1. The second kappa shape index (κ2) is 11.7. The van der Waals surface area contributed by atoms with Crippen molar-refractivity contribution in [2.24, 2.45) is 0 Å². The average Bonchev–Trinajstić information content (AvgIpc) is 2.91. The SMILES string of the molecule is CC=C(c1ccccc1)C(c1ccccc1)c1ccc(C=CC(=O)NS(=O)(=O)c2cccc(C)c2)cc1. The Bertz CT molecular complexity index is 1520. The molecular formula is C32H29NO3S. The molecular weight excluding hydrogens is 478 g/mol. The van der Waals surface area contributed by atoms with Crippen LogP contribution >= 0.6 is 0 Å². The standard InChI is InChI=1S/C32H29NO3S/c1-3-30(26-12-6-4-7-13-26)32(27-14-8-5-9-15-27)28-20-17-25(18-21-28)19-22-31(34)33-37(35,36)29-16-10-11-24(2)23-29/h3-23,32H,1-2H3,(H,33,34). The monoisotopic (exact) mass is 507 g/mol. The maximum absolute atomic E-state index is 12.5. The van der Waals surface area contributed by atoms with Crippen LogP contribution in [0.5, 0.6) is 0 Å². The average molecular weight is 508 g/mol. The van der Waals surface area contributed by atoms with Crippen molar-refractivity contribution in [2.45, 2.75) is 24.7 Å². The van der Waals surface area contributed by atoms with Crippen molar-refractivity contribution >= 4 is 27.6 Å². The maximum Gasteiger partial charge on any atom is 0.264 e. The summed E-state index contributed by atoms with van der Waals surface area (Å²) in [6.07, 6.45) is 4.99. The summed E-state index contributed by atoms with van der Waals surface area (Å²) in [7, 11) is -3.93. The first-order chi connectivity index (χ1) is 17.9. The van der Waals surface area contributed by atoms with Crippen molar-refractivity contribution in [3.8, 4) is 0 Å². The van der Waals surface area contributed by atoms with E-state index in [1.807, 2.05) is 60.7 Å². The van der Waals surface area contributed by atoms with Crippen LogP contribution in [0.15, 0.2) is 126 Å². The van der Waals surface area contributed by atoms with Gasteiger partial charge in [-0.1, -0.05) is 103 Å². The molecule has 0 spiro atoms. The van der Waals surface area contributed by atoms with Crippen molar-refractivity contribution in [3.05, 3.63) is 149 Å². The van der Waals surface area contributed by atoms with Crippen LogP contribution in [-0.2, 0) is 14.8 Å². The first kappa shape index (κ1) is 25.9. The molecule has 1 atom stereocenters. The molecule has 37 heavy (non-hydrogen) atoms. The summed E-state index contributed by atoms with van der Waals surface area (Å²) in [4.78, 5) is 12.4. The summed E-state index contributed by atoms with van der Waals surface area (Å²) >= 11 is 0. The van der Waals surface area contributed by atoms with Gasteiger partial charge in [0.25, 0.3) is 15.9 Å². The van der Waals surface area contributed by atoms with E-state index >= 15 is 0 Å². The number of hydrogen-bond acceptors (Lipinski definition) is 3. The van der Waals surface area contributed by atoms with E-state index in [1.165, 1.54) is 29.3 Å². The van der Waals surface area contributed by atoms with Gasteiger partial charge in [0.2, 0.25) is 0 Å². The number of benzene rings is 4. The van der Waals surface area contributed by atoms with Gasteiger partial charge in [-0.2, -0.15) is 0 Å². The number of allylic oxidation sites excluding steroid dienone is 2. The van der Waals surface area contributed by atoms with Gasteiger partial charge in [-0.25, -0.2) is 13.1 Å². The first-order valence-electron chi connectivity index (χ1n) is 12.1. The van der Waals surface area contributed by atoms with Gasteiger partial charge in [0, 0.05) is 12.0 Å². The van der Waals surface area contributed by atoms with Gasteiger partial charge in [0.15, 0.2) is 0 Å². The van der Waals surface area contributed by atoms with Crippen molar-refractivity contribution < 1.29 is 13.2 Å². The number of carbonyl (C=O) groups is 1. The Hall–Kier alpha value is -4.22. The van der Waals surface area contributed by atoms with Crippen LogP contribution in [0.3, 0.4) is 0 Å². The summed E-state index contributed by atoms with van der Waals surface area (Å²) in [5, 5.41) is 0. The van der Waals surface area contributed by atoms with E-state index in [1.54, 1.807) is 25.1 Å². The second-order valence-electron chi connectivity index (χ2n) is 8.74. The van der Waals surface area contributed by atoms with Gasteiger partial charge in [-0.15, -0.1) is 0 Å². The van der Waals surface area contributed by atoms with Crippen LogP contribution in [0.4, 0.5) is 0 Å². The number of nitrogens with one attached hydrogen (secondary N) is 1. The molecule has 1 amide bonds. The highest BCUT2D eigenvalue weighted by Crippen LogP contribution is 2.37. The number of sulfonamides is 1. The zero-order valence-corrected chi connectivity index (χ0v) is 21.7. The largest absolute Gasteiger partial charge is 0.269 e. The van der Waals surface area contributed by atoms with E-state index in [2.05, 4.69) is 42.0 Å². The molecule has 1 N–H and O–H groups in total.